The molecule has 0 bridgehead atoms. The van der Waals surface area contributed by atoms with Crippen LogP contribution in [0.4, 0.5) is 0 Å². The first-order chi connectivity index (χ1) is 8.57. The Morgan fingerprint density at radius 2 is 1.44 bits per heavy atom. The smallest absolute Gasteiger partial charge is 0.220 e. The maximum absolute atomic E-state index is 11.2. The number of rotatable bonds is 12. The van der Waals surface area contributed by atoms with Gasteiger partial charge in [0.05, 0.1) is 0 Å². The van der Waals surface area contributed by atoms with Crippen LogP contribution < -0.4 is 11.5 Å². The van der Waals surface area contributed by atoms with Crippen LogP contribution in [-0.2, 0) is 9.59 Å². The van der Waals surface area contributed by atoms with E-state index in [2.05, 4.69) is 6.92 Å². The van der Waals surface area contributed by atoms with Crippen molar-refractivity contribution in [2.45, 2.75) is 71.1 Å². The largest absolute Gasteiger partial charge is 0.370 e. The number of amides is 2. The lowest BCUT2D eigenvalue weighted by Gasteiger charge is -2.12. The Balaban J connectivity index is 3.64. The number of carbonyl (C=O) groups is 2. The third-order valence-electron chi connectivity index (χ3n) is 3.28. The zero-order valence-electron chi connectivity index (χ0n) is 11.6. The number of hydrogen-bond donors (Lipinski definition) is 2. The van der Waals surface area contributed by atoms with Gasteiger partial charge in [-0.05, 0) is 19.3 Å². The second-order valence-electron chi connectivity index (χ2n) is 5.01. The molecule has 0 radical (unpaired) electrons. The van der Waals surface area contributed by atoms with Gasteiger partial charge in [-0.1, -0.05) is 45.4 Å². The standard InChI is InChI=1S/C14H28N2O2/c1-2-3-4-5-6-7-9-12(14(16)18)10-8-11-13(15)17/h12H,2-11H2,1H3,(H2,15,17)(H2,16,18). The van der Waals surface area contributed by atoms with E-state index in [0.29, 0.717) is 19.3 Å². The summed E-state index contributed by atoms with van der Waals surface area (Å²) in [5.74, 6) is -0.638. The molecule has 4 nitrogen and oxygen atoms in total. The van der Waals surface area contributed by atoms with Crippen molar-refractivity contribution in [2.75, 3.05) is 0 Å². The molecule has 18 heavy (non-hydrogen) atoms. The second-order valence-corrected chi connectivity index (χ2v) is 5.01. The highest BCUT2D eigenvalue weighted by Gasteiger charge is 2.14. The summed E-state index contributed by atoms with van der Waals surface area (Å²) in [6.45, 7) is 2.20. The fourth-order valence-electron chi connectivity index (χ4n) is 2.12. The number of nitrogens with two attached hydrogens (primary N) is 2. The monoisotopic (exact) mass is 256 g/mol. The van der Waals surface area contributed by atoms with Gasteiger partial charge in [-0.25, -0.2) is 0 Å². The summed E-state index contributed by atoms with van der Waals surface area (Å²) in [6, 6.07) is 0. The first kappa shape index (κ1) is 16.9. The normalized spacial score (nSPS) is 12.3. The zero-order chi connectivity index (χ0) is 13.8. The van der Waals surface area contributed by atoms with Crippen molar-refractivity contribution in [2.24, 2.45) is 17.4 Å². The van der Waals surface area contributed by atoms with E-state index in [1.54, 1.807) is 0 Å². The van der Waals surface area contributed by atoms with Gasteiger partial charge >= 0.3 is 0 Å². The lowest BCUT2D eigenvalue weighted by atomic mass is 9.94. The molecule has 1 atom stereocenters. The highest BCUT2D eigenvalue weighted by molar-refractivity contribution is 5.77. The van der Waals surface area contributed by atoms with Crippen molar-refractivity contribution in [1.29, 1.82) is 0 Å². The first-order valence-electron chi connectivity index (χ1n) is 7.15. The van der Waals surface area contributed by atoms with Gasteiger partial charge < -0.3 is 11.5 Å². The van der Waals surface area contributed by atoms with E-state index < -0.39 is 0 Å². The van der Waals surface area contributed by atoms with E-state index in [-0.39, 0.29) is 17.7 Å². The molecule has 0 aromatic carbocycles. The van der Waals surface area contributed by atoms with Gasteiger partial charge in [-0.3, -0.25) is 9.59 Å². The Bertz CT molecular complexity index is 242. The lowest BCUT2D eigenvalue weighted by Crippen LogP contribution is -2.23. The zero-order valence-corrected chi connectivity index (χ0v) is 11.6. The third-order valence-corrected chi connectivity index (χ3v) is 3.28. The molecule has 4 heteroatoms. The average Bonchev–Trinajstić information content (AvgIpc) is 2.30. The highest BCUT2D eigenvalue weighted by Crippen LogP contribution is 2.17. The molecule has 0 saturated heterocycles. The van der Waals surface area contributed by atoms with Crippen LogP contribution in [0.15, 0.2) is 0 Å². The molecule has 0 aliphatic rings. The minimum absolute atomic E-state index is 0.0875. The predicted octanol–water partition coefficient (Wildman–Crippen LogP) is 2.49. The molecule has 0 aliphatic heterocycles. The van der Waals surface area contributed by atoms with Crippen molar-refractivity contribution in [3.8, 4) is 0 Å². The van der Waals surface area contributed by atoms with Crippen LogP contribution in [0.1, 0.15) is 71.1 Å². The van der Waals surface area contributed by atoms with Crippen LogP contribution in [0.2, 0.25) is 0 Å². The molecule has 0 heterocycles. The Hall–Kier alpha value is -1.06. The van der Waals surface area contributed by atoms with E-state index in [1.165, 1.54) is 32.1 Å². The van der Waals surface area contributed by atoms with E-state index in [9.17, 15) is 9.59 Å². The topological polar surface area (TPSA) is 86.2 Å². The van der Waals surface area contributed by atoms with Crippen LogP contribution in [-0.4, -0.2) is 11.8 Å². The van der Waals surface area contributed by atoms with Gasteiger partial charge in [0.25, 0.3) is 0 Å². The molecule has 0 aliphatic carbocycles. The van der Waals surface area contributed by atoms with Crippen LogP contribution in [0, 0.1) is 5.92 Å². The molecule has 0 saturated carbocycles. The van der Waals surface area contributed by atoms with E-state index >= 15 is 0 Å². The van der Waals surface area contributed by atoms with Crippen LogP contribution >= 0.6 is 0 Å². The van der Waals surface area contributed by atoms with Gasteiger partial charge in [0, 0.05) is 12.3 Å². The minimum Gasteiger partial charge on any atom is -0.370 e. The molecule has 4 N–H and O–H groups in total. The summed E-state index contributed by atoms with van der Waals surface area (Å²) >= 11 is 0. The molecule has 0 aromatic heterocycles. The fourth-order valence-corrected chi connectivity index (χ4v) is 2.12. The van der Waals surface area contributed by atoms with Crippen LogP contribution in [0.25, 0.3) is 0 Å². The molecule has 0 aromatic rings. The Morgan fingerprint density at radius 3 is 2.00 bits per heavy atom. The van der Waals surface area contributed by atoms with Crippen LogP contribution in [0.3, 0.4) is 0 Å². The Morgan fingerprint density at radius 1 is 0.889 bits per heavy atom. The summed E-state index contributed by atoms with van der Waals surface area (Å²) in [7, 11) is 0. The maximum Gasteiger partial charge on any atom is 0.220 e. The molecule has 0 spiro atoms. The van der Waals surface area contributed by atoms with Crippen molar-refractivity contribution in [3.63, 3.8) is 0 Å². The van der Waals surface area contributed by atoms with Gasteiger partial charge in [0.2, 0.25) is 11.8 Å². The highest BCUT2D eigenvalue weighted by atomic mass is 16.1. The summed E-state index contributed by atoms with van der Waals surface area (Å²) < 4.78 is 0. The molecule has 2 amide bonds. The van der Waals surface area contributed by atoms with Gasteiger partial charge in [0.15, 0.2) is 0 Å². The van der Waals surface area contributed by atoms with Gasteiger partial charge in [-0.15, -0.1) is 0 Å². The lowest BCUT2D eigenvalue weighted by molar-refractivity contribution is -0.123. The van der Waals surface area contributed by atoms with Crippen molar-refractivity contribution in [3.05, 3.63) is 0 Å². The van der Waals surface area contributed by atoms with E-state index in [1.807, 2.05) is 0 Å². The van der Waals surface area contributed by atoms with Crippen LogP contribution in [0.5, 0.6) is 0 Å². The summed E-state index contributed by atoms with van der Waals surface area (Å²) in [5.41, 5.74) is 10.4. The quantitative estimate of drug-likeness (QED) is 0.526. The van der Waals surface area contributed by atoms with Crippen molar-refractivity contribution < 1.29 is 9.59 Å². The minimum atomic E-state index is -0.308. The van der Waals surface area contributed by atoms with E-state index in [4.69, 9.17) is 11.5 Å². The average molecular weight is 256 g/mol. The van der Waals surface area contributed by atoms with Crippen molar-refractivity contribution in [1.82, 2.24) is 0 Å². The fraction of sp³-hybridized carbons (Fsp3) is 0.857. The number of carbonyl (C=O) groups excluding carboxylic acids is 2. The first-order valence-corrected chi connectivity index (χ1v) is 7.15. The summed E-state index contributed by atoms with van der Waals surface area (Å²) in [6.07, 6.45) is 9.81. The molecular weight excluding hydrogens is 228 g/mol. The molecular formula is C14H28N2O2. The summed E-state index contributed by atoms with van der Waals surface area (Å²) in [5, 5.41) is 0. The molecule has 0 rings (SSSR count). The van der Waals surface area contributed by atoms with Crippen molar-refractivity contribution >= 4 is 11.8 Å². The SMILES string of the molecule is CCCCCCCCC(CCCC(N)=O)C(N)=O. The Kier molecular flexibility index (Phi) is 10.4. The molecule has 106 valence electrons. The number of primary amides is 2. The Labute approximate surface area is 110 Å². The predicted molar refractivity (Wildman–Crippen MR) is 73.7 cm³/mol. The maximum atomic E-state index is 11.2. The van der Waals surface area contributed by atoms with Gasteiger partial charge in [0.1, 0.15) is 0 Å². The number of hydrogen-bond acceptors (Lipinski definition) is 2. The number of unbranched alkanes of at least 4 members (excludes halogenated alkanes) is 5. The summed E-state index contributed by atoms with van der Waals surface area (Å²) in [4.78, 5) is 21.9. The third kappa shape index (κ3) is 10.1. The second kappa shape index (κ2) is 11.1. The van der Waals surface area contributed by atoms with Gasteiger partial charge in [-0.2, -0.15) is 0 Å². The van der Waals surface area contributed by atoms with E-state index in [0.717, 1.165) is 12.8 Å². The molecule has 1 unspecified atom stereocenters. The molecule has 0 fully saturated rings.